The summed E-state index contributed by atoms with van der Waals surface area (Å²) in [5.41, 5.74) is 3.59. The summed E-state index contributed by atoms with van der Waals surface area (Å²) in [6.07, 6.45) is 2.08. The van der Waals surface area contributed by atoms with Gasteiger partial charge in [-0.3, -0.25) is 4.79 Å². The van der Waals surface area contributed by atoms with E-state index in [0.29, 0.717) is 24.2 Å². The highest BCUT2D eigenvalue weighted by Gasteiger charge is 2.15. The highest BCUT2D eigenvalue weighted by molar-refractivity contribution is 5.99. The number of amides is 1. The van der Waals surface area contributed by atoms with Crippen molar-refractivity contribution in [1.29, 1.82) is 0 Å². The summed E-state index contributed by atoms with van der Waals surface area (Å²) in [5, 5.41) is 7.03. The fourth-order valence-corrected chi connectivity index (χ4v) is 2.54. The lowest BCUT2D eigenvalue weighted by atomic mass is 10.1. The first-order valence-electron chi connectivity index (χ1n) is 7.39. The number of aromatic nitrogens is 3. The standard InChI is InChI=1S/C17H17FN4O/c1-11-8-12(2)22-16(21-11)15(10-20-22)17(23)19-7-6-13-4-3-5-14(18)9-13/h3-5,8-10H,6-7H2,1-2H3,(H,19,23). The molecule has 0 spiro atoms. The van der Waals surface area contributed by atoms with Gasteiger partial charge >= 0.3 is 0 Å². The van der Waals surface area contributed by atoms with E-state index >= 15 is 0 Å². The van der Waals surface area contributed by atoms with Crippen molar-refractivity contribution in [1.82, 2.24) is 19.9 Å². The van der Waals surface area contributed by atoms with Crippen molar-refractivity contribution < 1.29 is 9.18 Å². The lowest BCUT2D eigenvalue weighted by Gasteiger charge is -2.05. The Balaban J connectivity index is 1.71. The number of rotatable bonds is 4. The number of nitrogens with zero attached hydrogens (tertiary/aromatic N) is 3. The summed E-state index contributed by atoms with van der Waals surface area (Å²) in [6.45, 7) is 4.22. The quantitative estimate of drug-likeness (QED) is 0.805. The minimum absolute atomic E-state index is 0.228. The van der Waals surface area contributed by atoms with Crippen LogP contribution in [0.2, 0.25) is 0 Å². The van der Waals surface area contributed by atoms with E-state index in [1.54, 1.807) is 10.6 Å². The highest BCUT2D eigenvalue weighted by atomic mass is 19.1. The third-order valence-corrected chi connectivity index (χ3v) is 3.61. The summed E-state index contributed by atoms with van der Waals surface area (Å²) in [7, 11) is 0. The third-order valence-electron chi connectivity index (χ3n) is 3.61. The monoisotopic (exact) mass is 312 g/mol. The predicted octanol–water partition coefficient (Wildman–Crippen LogP) is 2.46. The lowest BCUT2D eigenvalue weighted by molar-refractivity contribution is 0.0955. The molecule has 0 atom stereocenters. The molecule has 1 amide bonds. The number of halogens is 1. The molecule has 1 aromatic carbocycles. The predicted molar refractivity (Wildman–Crippen MR) is 84.9 cm³/mol. The third kappa shape index (κ3) is 3.21. The molecule has 2 heterocycles. The van der Waals surface area contributed by atoms with Crippen LogP contribution in [0.25, 0.3) is 5.65 Å². The Labute approximate surface area is 133 Å². The molecule has 118 valence electrons. The van der Waals surface area contributed by atoms with E-state index in [2.05, 4.69) is 15.4 Å². The molecule has 0 bridgehead atoms. The van der Waals surface area contributed by atoms with Crippen LogP contribution in [0, 0.1) is 19.7 Å². The van der Waals surface area contributed by atoms with Gasteiger partial charge in [0, 0.05) is 17.9 Å². The molecule has 0 aliphatic carbocycles. The molecule has 3 aromatic rings. The Morgan fingerprint density at radius 2 is 2.13 bits per heavy atom. The summed E-state index contributed by atoms with van der Waals surface area (Å²) in [5.74, 6) is -0.500. The fourth-order valence-electron chi connectivity index (χ4n) is 2.54. The first-order valence-corrected chi connectivity index (χ1v) is 7.39. The molecule has 0 aliphatic rings. The summed E-state index contributed by atoms with van der Waals surface area (Å²) in [4.78, 5) is 16.7. The van der Waals surface area contributed by atoms with Crippen molar-refractivity contribution in [3.05, 3.63) is 64.9 Å². The van der Waals surface area contributed by atoms with Gasteiger partial charge in [-0.2, -0.15) is 5.10 Å². The molecule has 23 heavy (non-hydrogen) atoms. The molecule has 0 unspecified atom stereocenters. The minimum Gasteiger partial charge on any atom is -0.352 e. The highest BCUT2D eigenvalue weighted by Crippen LogP contribution is 2.12. The van der Waals surface area contributed by atoms with Crippen molar-refractivity contribution in [3.63, 3.8) is 0 Å². The number of nitrogens with one attached hydrogen (secondary N) is 1. The maximum atomic E-state index is 13.1. The van der Waals surface area contributed by atoms with Crippen LogP contribution in [0.5, 0.6) is 0 Å². The van der Waals surface area contributed by atoms with E-state index in [1.807, 2.05) is 26.0 Å². The van der Waals surface area contributed by atoms with Gasteiger partial charge in [-0.1, -0.05) is 12.1 Å². The van der Waals surface area contributed by atoms with E-state index in [-0.39, 0.29) is 11.7 Å². The van der Waals surface area contributed by atoms with E-state index in [9.17, 15) is 9.18 Å². The number of aryl methyl sites for hydroxylation is 2. The zero-order valence-corrected chi connectivity index (χ0v) is 13.0. The van der Waals surface area contributed by atoms with Gasteiger partial charge in [0.15, 0.2) is 5.65 Å². The van der Waals surface area contributed by atoms with Gasteiger partial charge < -0.3 is 5.32 Å². The van der Waals surface area contributed by atoms with Crippen molar-refractivity contribution in [3.8, 4) is 0 Å². The Hall–Kier alpha value is -2.76. The van der Waals surface area contributed by atoms with Crippen LogP contribution in [-0.2, 0) is 6.42 Å². The second-order valence-corrected chi connectivity index (χ2v) is 5.47. The molecule has 2 aromatic heterocycles. The molecule has 0 saturated heterocycles. The molecule has 1 N–H and O–H groups in total. The molecule has 0 aliphatic heterocycles. The van der Waals surface area contributed by atoms with Crippen LogP contribution in [0.3, 0.4) is 0 Å². The average molecular weight is 312 g/mol. The average Bonchev–Trinajstić information content (AvgIpc) is 2.91. The molecule has 0 saturated carbocycles. The smallest absolute Gasteiger partial charge is 0.256 e. The number of hydrogen-bond donors (Lipinski definition) is 1. The number of fused-ring (bicyclic) bond motifs is 1. The Morgan fingerprint density at radius 1 is 1.30 bits per heavy atom. The minimum atomic E-state index is -0.272. The molecule has 3 rings (SSSR count). The van der Waals surface area contributed by atoms with Crippen LogP contribution in [0.15, 0.2) is 36.5 Å². The van der Waals surface area contributed by atoms with Gasteiger partial charge in [-0.15, -0.1) is 0 Å². The Bertz CT molecular complexity index is 872. The number of hydrogen-bond acceptors (Lipinski definition) is 3. The van der Waals surface area contributed by atoms with Gasteiger partial charge in [0.2, 0.25) is 0 Å². The van der Waals surface area contributed by atoms with Crippen molar-refractivity contribution in [2.45, 2.75) is 20.3 Å². The van der Waals surface area contributed by atoms with Gasteiger partial charge in [0.25, 0.3) is 5.91 Å². The number of carbonyl (C=O) groups excluding carboxylic acids is 1. The molecule has 5 nitrogen and oxygen atoms in total. The summed E-state index contributed by atoms with van der Waals surface area (Å²) < 4.78 is 14.8. The van der Waals surface area contributed by atoms with E-state index in [1.165, 1.54) is 18.3 Å². The van der Waals surface area contributed by atoms with Crippen molar-refractivity contribution >= 4 is 11.6 Å². The van der Waals surface area contributed by atoms with Crippen LogP contribution >= 0.6 is 0 Å². The van der Waals surface area contributed by atoms with E-state index in [0.717, 1.165) is 17.0 Å². The molecule has 0 fully saturated rings. The number of carbonyl (C=O) groups is 1. The maximum absolute atomic E-state index is 13.1. The van der Waals surface area contributed by atoms with Gasteiger partial charge in [0.1, 0.15) is 11.4 Å². The molecular weight excluding hydrogens is 295 g/mol. The normalized spacial score (nSPS) is 10.9. The topological polar surface area (TPSA) is 59.3 Å². The largest absolute Gasteiger partial charge is 0.352 e. The van der Waals surface area contributed by atoms with Gasteiger partial charge in [-0.05, 0) is 44.0 Å². The maximum Gasteiger partial charge on any atom is 0.256 e. The van der Waals surface area contributed by atoms with Gasteiger partial charge in [-0.25, -0.2) is 13.9 Å². The zero-order valence-electron chi connectivity index (χ0n) is 13.0. The number of benzene rings is 1. The first-order chi connectivity index (χ1) is 11.0. The second-order valence-electron chi connectivity index (χ2n) is 5.47. The first kappa shape index (κ1) is 15.1. The summed E-state index contributed by atoms with van der Waals surface area (Å²) >= 11 is 0. The lowest BCUT2D eigenvalue weighted by Crippen LogP contribution is -2.25. The Kier molecular flexibility index (Phi) is 4.06. The van der Waals surface area contributed by atoms with Crippen molar-refractivity contribution in [2.24, 2.45) is 0 Å². The zero-order chi connectivity index (χ0) is 16.4. The van der Waals surface area contributed by atoms with Crippen molar-refractivity contribution in [2.75, 3.05) is 6.54 Å². The SMILES string of the molecule is Cc1cc(C)n2ncc(C(=O)NCCc3cccc(F)c3)c2n1. The van der Waals surface area contributed by atoms with Gasteiger partial charge in [0.05, 0.1) is 6.20 Å². The van der Waals surface area contributed by atoms with E-state index in [4.69, 9.17) is 0 Å². The van der Waals surface area contributed by atoms with Crippen LogP contribution in [0.4, 0.5) is 4.39 Å². The molecule has 6 heteroatoms. The fraction of sp³-hybridized carbons (Fsp3) is 0.235. The van der Waals surface area contributed by atoms with E-state index < -0.39 is 0 Å². The molecular formula is C17H17FN4O. The van der Waals surface area contributed by atoms with Crippen LogP contribution < -0.4 is 5.32 Å². The summed E-state index contributed by atoms with van der Waals surface area (Å²) in [6, 6.07) is 8.27. The van der Waals surface area contributed by atoms with Crippen LogP contribution in [0.1, 0.15) is 27.3 Å². The second kappa shape index (κ2) is 6.16. The Morgan fingerprint density at radius 3 is 2.91 bits per heavy atom. The molecule has 0 radical (unpaired) electrons. The van der Waals surface area contributed by atoms with Crippen LogP contribution in [-0.4, -0.2) is 27.0 Å².